The highest BCUT2D eigenvalue weighted by Crippen LogP contribution is 2.40. The van der Waals surface area contributed by atoms with Crippen molar-refractivity contribution in [1.82, 2.24) is 4.98 Å². The maximum Gasteiger partial charge on any atom is 0.274 e. The van der Waals surface area contributed by atoms with Gasteiger partial charge in [-0.1, -0.05) is 18.2 Å². The summed E-state index contributed by atoms with van der Waals surface area (Å²) in [4.78, 5) is 16.8. The minimum atomic E-state index is -0.284. The van der Waals surface area contributed by atoms with Crippen molar-refractivity contribution < 1.29 is 19.0 Å². The molecule has 0 saturated heterocycles. The Morgan fingerprint density at radius 3 is 2.21 bits per heavy atom. The second-order valence-electron chi connectivity index (χ2n) is 6.24. The molecule has 29 heavy (non-hydrogen) atoms. The third-order valence-corrected chi connectivity index (χ3v) is 4.34. The van der Waals surface area contributed by atoms with E-state index >= 15 is 0 Å². The second kappa shape index (κ2) is 8.97. The van der Waals surface area contributed by atoms with Crippen LogP contribution in [0.15, 0.2) is 54.7 Å². The Balaban J connectivity index is 1.83. The molecule has 0 fully saturated rings. The van der Waals surface area contributed by atoms with Crippen LogP contribution in [0.2, 0.25) is 0 Å². The molecule has 0 aliphatic carbocycles. The Hall–Kier alpha value is -3.74. The van der Waals surface area contributed by atoms with Gasteiger partial charge in [0, 0.05) is 35.4 Å². The quantitative estimate of drug-likeness (QED) is 0.619. The van der Waals surface area contributed by atoms with Crippen LogP contribution in [-0.2, 0) is 0 Å². The van der Waals surface area contributed by atoms with E-state index in [1.807, 2.05) is 31.2 Å². The van der Waals surface area contributed by atoms with E-state index in [4.69, 9.17) is 14.2 Å². The van der Waals surface area contributed by atoms with Crippen LogP contribution in [0.25, 0.3) is 0 Å². The van der Waals surface area contributed by atoms with Crippen molar-refractivity contribution in [2.45, 2.75) is 6.92 Å². The van der Waals surface area contributed by atoms with E-state index in [0.717, 1.165) is 16.9 Å². The van der Waals surface area contributed by atoms with Gasteiger partial charge in [0.2, 0.25) is 5.75 Å². The highest BCUT2D eigenvalue weighted by molar-refractivity contribution is 6.03. The monoisotopic (exact) mass is 393 g/mol. The van der Waals surface area contributed by atoms with Gasteiger partial charge in [-0.25, -0.2) is 0 Å². The summed E-state index contributed by atoms with van der Waals surface area (Å²) in [5.41, 5.74) is 3.45. The molecule has 0 aliphatic heterocycles. The number of rotatable bonds is 7. The Labute approximate surface area is 169 Å². The maximum absolute atomic E-state index is 12.6. The summed E-state index contributed by atoms with van der Waals surface area (Å²) in [6.07, 6.45) is 1.58. The van der Waals surface area contributed by atoms with Gasteiger partial charge >= 0.3 is 0 Å². The van der Waals surface area contributed by atoms with Gasteiger partial charge in [-0.3, -0.25) is 9.78 Å². The number of methoxy groups -OCH3 is 3. The van der Waals surface area contributed by atoms with Crippen LogP contribution in [0.4, 0.5) is 17.1 Å². The molecule has 0 unspecified atom stereocenters. The molecular formula is C22H23N3O4. The number of aryl methyl sites for hydroxylation is 1. The van der Waals surface area contributed by atoms with Crippen LogP contribution in [0.5, 0.6) is 17.2 Å². The van der Waals surface area contributed by atoms with Gasteiger partial charge in [-0.05, 0) is 30.7 Å². The van der Waals surface area contributed by atoms with Gasteiger partial charge in [0.25, 0.3) is 5.91 Å². The van der Waals surface area contributed by atoms with E-state index in [9.17, 15) is 4.79 Å². The molecule has 7 heteroatoms. The Morgan fingerprint density at radius 2 is 1.59 bits per heavy atom. The molecule has 3 aromatic rings. The average Bonchev–Trinajstić information content (AvgIpc) is 2.74. The van der Waals surface area contributed by atoms with Crippen LogP contribution < -0.4 is 24.8 Å². The first-order chi connectivity index (χ1) is 14.0. The predicted molar refractivity (Wildman–Crippen MR) is 113 cm³/mol. The molecule has 0 aliphatic rings. The largest absolute Gasteiger partial charge is 0.493 e. The summed E-state index contributed by atoms with van der Waals surface area (Å²) in [7, 11) is 4.67. The van der Waals surface area contributed by atoms with Gasteiger partial charge in [0.15, 0.2) is 11.5 Å². The number of anilines is 3. The van der Waals surface area contributed by atoms with Gasteiger partial charge in [0.1, 0.15) is 5.69 Å². The smallest absolute Gasteiger partial charge is 0.274 e. The number of hydrogen-bond donors (Lipinski definition) is 2. The molecule has 0 bridgehead atoms. The van der Waals surface area contributed by atoms with Crippen molar-refractivity contribution in [3.63, 3.8) is 0 Å². The number of carbonyl (C=O) groups is 1. The fourth-order valence-corrected chi connectivity index (χ4v) is 2.85. The number of para-hydroxylation sites is 1. The minimum Gasteiger partial charge on any atom is -0.493 e. The van der Waals surface area contributed by atoms with Crippen LogP contribution in [0, 0.1) is 6.92 Å². The molecule has 0 atom stereocenters. The van der Waals surface area contributed by atoms with Gasteiger partial charge < -0.3 is 24.8 Å². The van der Waals surface area contributed by atoms with E-state index in [-0.39, 0.29) is 5.91 Å². The summed E-state index contributed by atoms with van der Waals surface area (Å²) in [5, 5.41) is 6.12. The van der Waals surface area contributed by atoms with E-state index in [0.29, 0.717) is 28.6 Å². The van der Waals surface area contributed by atoms with Crippen molar-refractivity contribution >= 4 is 23.0 Å². The van der Waals surface area contributed by atoms with E-state index in [2.05, 4.69) is 15.6 Å². The molecule has 150 valence electrons. The summed E-state index contributed by atoms with van der Waals surface area (Å²) < 4.78 is 16.1. The standard InChI is InChI=1S/C22H23N3O4/c1-14-7-5-6-8-17(14)25-22(26)18-11-15(9-10-23-18)24-16-12-19(27-2)21(29-4)20(13-16)28-3/h5-13H,1-4H3,(H,23,24)(H,25,26). The Bertz CT molecular complexity index is 995. The lowest BCUT2D eigenvalue weighted by molar-refractivity contribution is 0.102. The first-order valence-electron chi connectivity index (χ1n) is 8.95. The first-order valence-corrected chi connectivity index (χ1v) is 8.95. The highest BCUT2D eigenvalue weighted by Gasteiger charge is 2.14. The first kappa shape index (κ1) is 20.0. The Kier molecular flexibility index (Phi) is 6.19. The van der Waals surface area contributed by atoms with Crippen molar-refractivity contribution in [2.75, 3.05) is 32.0 Å². The van der Waals surface area contributed by atoms with Crippen molar-refractivity contribution in [3.8, 4) is 17.2 Å². The maximum atomic E-state index is 12.6. The summed E-state index contributed by atoms with van der Waals surface area (Å²) >= 11 is 0. The van der Waals surface area contributed by atoms with Crippen LogP contribution in [0.3, 0.4) is 0 Å². The molecule has 1 aromatic heterocycles. The molecule has 2 N–H and O–H groups in total. The van der Waals surface area contributed by atoms with E-state index in [1.54, 1.807) is 51.8 Å². The summed E-state index contributed by atoms with van der Waals surface area (Å²) in [5.74, 6) is 1.28. The zero-order chi connectivity index (χ0) is 20.8. The van der Waals surface area contributed by atoms with E-state index in [1.165, 1.54) is 0 Å². The molecular weight excluding hydrogens is 370 g/mol. The summed E-state index contributed by atoms with van der Waals surface area (Å²) in [6.45, 7) is 1.94. The van der Waals surface area contributed by atoms with Gasteiger partial charge in [-0.15, -0.1) is 0 Å². The van der Waals surface area contributed by atoms with Crippen LogP contribution in [-0.4, -0.2) is 32.2 Å². The lowest BCUT2D eigenvalue weighted by Crippen LogP contribution is -2.14. The number of nitrogens with one attached hydrogen (secondary N) is 2. The van der Waals surface area contributed by atoms with Crippen molar-refractivity contribution in [1.29, 1.82) is 0 Å². The second-order valence-corrected chi connectivity index (χ2v) is 6.24. The number of pyridine rings is 1. The number of carbonyl (C=O) groups excluding carboxylic acids is 1. The zero-order valence-electron chi connectivity index (χ0n) is 16.8. The molecule has 1 heterocycles. The third kappa shape index (κ3) is 4.57. The van der Waals surface area contributed by atoms with Crippen LogP contribution >= 0.6 is 0 Å². The number of amides is 1. The van der Waals surface area contributed by atoms with Crippen LogP contribution in [0.1, 0.15) is 16.1 Å². The fraction of sp³-hybridized carbons (Fsp3) is 0.182. The van der Waals surface area contributed by atoms with Gasteiger partial charge in [-0.2, -0.15) is 0 Å². The fourth-order valence-electron chi connectivity index (χ4n) is 2.85. The zero-order valence-corrected chi connectivity index (χ0v) is 16.8. The SMILES string of the molecule is COc1cc(Nc2ccnc(C(=O)Nc3ccccc3C)c2)cc(OC)c1OC. The number of benzene rings is 2. The van der Waals surface area contributed by atoms with Crippen molar-refractivity contribution in [2.24, 2.45) is 0 Å². The number of ether oxygens (including phenoxy) is 3. The van der Waals surface area contributed by atoms with Gasteiger partial charge in [0.05, 0.1) is 21.3 Å². The normalized spacial score (nSPS) is 10.2. The molecule has 0 radical (unpaired) electrons. The molecule has 2 aromatic carbocycles. The summed E-state index contributed by atoms with van der Waals surface area (Å²) in [6, 6.07) is 14.6. The lowest BCUT2D eigenvalue weighted by atomic mass is 10.2. The lowest BCUT2D eigenvalue weighted by Gasteiger charge is -2.15. The predicted octanol–water partition coefficient (Wildman–Crippen LogP) is 4.41. The number of aromatic nitrogens is 1. The van der Waals surface area contributed by atoms with E-state index < -0.39 is 0 Å². The Morgan fingerprint density at radius 1 is 0.897 bits per heavy atom. The molecule has 0 saturated carbocycles. The highest BCUT2D eigenvalue weighted by atomic mass is 16.5. The van der Waals surface area contributed by atoms with Crippen molar-refractivity contribution in [3.05, 3.63) is 66.0 Å². The molecule has 1 amide bonds. The minimum absolute atomic E-state index is 0.284. The topological polar surface area (TPSA) is 81.7 Å². The molecule has 0 spiro atoms. The molecule has 7 nitrogen and oxygen atoms in total. The third-order valence-electron chi connectivity index (χ3n) is 4.34. The number of nitrogens with zero attached hydrogens (tertiary/aromatic N) is 1. The number of hydrogen-bond acceptors (Lipinski definition) is 6. The molecule has 3 rings (SSSR count). The average molecular weight is 393 g/mol.